The lowest BCUT2D eigenvalue weighted by Gasteiger charge is -2.10. The van der Waals surface area contributed by atoms with Crippen LogP contribution in [-0.4, -0.2) is 21.3 Å². The van der Waals surface area contributed by atoms with Crippen LogP contribution in [0.5, 0.6) is 0 Å². The zero-order valence-electron chi connectivity index (χ0n) is 11.4. The van der Waals surface area contributed by atoms with Crippen LogP contribution in [0.1, 0.15) is 51.0 Å². The lowest BCUT2D eigenvalue weighted by Crippen LogP contribution is -2.22. The van der Waals surface area contributed by atoms with Crippen molar-refractivity contribution in [3.05, 3.63) is 23.8 Å². The van der Waals surface area contributed by atoms with E-state index in [1.807, 2.05) is 24.0 Å². The summed E-state index contributed by atoms with van der Waals surface area (Å²) in [7, 11) is 0. The Morgan fingerprint density at radius 3 is 2.89 bits per heavy atom. The van der Waals surface area contributed by atoms with Crippen LogP contribution < -0.4 is 5.32 Å². The molecule has 1 aliphatic carbocycles. The van der Waals surface area contributed by atoms with Crippen LogP contribution in [0.3, 0.4) is 0 Å². The van der Waals surface area contributed by atoms with Gasteiger partial charge in [0.2, 0.25) is 0 Å². The second kappa shape index (κ2) is 7.10. The number of aromatic nitrogens is 2. The molecule has 1 aromatic rings. The minimum atomic E-state index is 0.497. The summed E-state index contributed by atoms with van der Waals surface area (Å²) in [5, 5.41) is 4.23. The first-order chi connectivity index (χ1) is 8.74. The fraction of sp³-hybridized carbons (Fsp3) is 0.714. The second-order valence-corrected chi connectivity index (χ2v) is 6.51. The van der Waals surface area contributed by atoms with Crippen molar-refractivity contribution in [1.82, 2.24) is 15.3 Å². The van der Waals surface area contributed by atoms with Crippen LogP contribution in [0, 0.1) is 0 Å². The minimum Gasteiger partial charge on any atom is -0.309 e. The first-order valence-corrected chi connectivity index (χ1v) is 7.94. The van der Waals surface area contributed by atoms with E-state index in [4.69, 9.17) is 0 Å². The largest absolute Gasteiger partial charge is 0.309 e. The Morgan fingerprint density at radius 1 is 1.39 bits per heavy atom. The summed E-state index contributed by atoms with van der Waals surface area (Å²) in [5.74, 6) is 1.94. The molecule has 100 valence electrons. The predicted molar refractivity (Wildman–Crippen MR) is 77.6 cm³/mol. The molecular formula is C14H23N3S. The van der Waals surface area contributed by atoms with Crippen LogP contribution in [0.2, 0.25) is 0 Å². The molecular weight excluding hydrogens is 242 g/mol. The number of nitrogens with zero attached hydrogens (tertiary/aromatic N) is 2. The lowest BCUT2D eigenvalue weighted by molar-refractivity contribution is 0.579. The summed E-state index contributed by atoms with van der Waals surface area (Å²) < 4.78 is 0. The van der Waals surface area contributed by atoms with Crippen LogP contribution in [-0.2, 0) is 12.3 Å². The minimum absolute atomic E-state index is 0.497. The van der Waals surface area contributed by atoms with Crippen LogP contribution in [0.25, 0.3) is 0 Å². The number of rotatable bonds is 6. The van der Waals surface area contributed by atoms with Crippen molar-refractivity contribution in [1.29, 1.82) is 0 Å². The standard InChI is InChI=1S/C14H23N3S/c1-11(2)16-9-12-7-8-15-14(17-12)10-18-13-5-3-4-6-13/h7-8,11,13,16H,3-6,9-10H2,1-2H3. The Bertz CT molecular complexity index is 362. The van der Waals surface area contributed by atoms with Crippen LogP contribution in [0.15, 0.2) is 12.3 Å². The molecule has 0 atom stereocenters. The normalized spacial score (nSPS) is 16.6. The monoisotopic (exact) mass is 265 g/mol. The Labute approximate surface area is 114 Å². The van der Waals surface area contributed by atoms with Gasteiger partial charge in [-0.3, -0.25) is 0 Å². The maximum atomic E-state index is 4.61. The summed E-state index contributed by atoms with van der Waals surface area (Å²) in [4.78, 5) is 8.98. The zero-order valence-corrected chi connectivity index (χ0v) is 12.2. The quantitative estimate of drug-likeness (QED) is 0.857. The third-order valence-electron chi connectivity index (χ3n) is 3.20. The average molecular weight is 265 g/mol. The van der Waals surface area contributed by atoms with Gasteiger partial charge in [-0.15, -0.1) is 0 Å². The predicted octanol–water partition coefficient (Wildman–Crippen LogP) is 3.15. The van der Waals surface area contributed by atoms with Gasteiger partial charge in [0, 0.05) is 24.0 Å². The van der Waals surface area contributed by atoms with Crippen molar-refractivity contribution in [3.8, 4) is 0 Å². The van der Waals surface area contributed by atoms with Gasteiger partial charge in [0.15, 0.2) is 0 Å². The molecule has 1 N–H and O–H groups in total. The highest BCUT2D eigenvalue weighted by Gasteiger charge is 2.15. The number of nitrogens with one attached hydrogen (secondary N) is 1. The van der Waals surface area contributed by atoms with Gasteiger partial charge in [-0.1, -0.05) is 26.7 Å². The number of hydrogen-bond donors (Lipinski definition) is 1. The maximum absolute atomic E-state index is 4.61. The molecule has 0 unspecified atom stereocenters. The Morgan fingerprint density at radius 2 is 2.17 bits per heavy atom. The summed E-state index contributed by atoms with van der Waals surface area (Å²) >= 11 is 2.02. The summed E-state index contributed by atoms with van der Waals surface area (Å²) in [6.07, 6.45) is 7.43. The molecule has 1 fully saturated rings. The molecule has 1 aromatic heterocycles. The topological polar surface area (TPSA) is 37.8 Å². The smallest absolute Gasteiger partial charge is 0.138 e. The molecule has 0 aliphatic heterocycles. The van der Waals surface area contributed by atoms with E-state index in [2.05, 4.69) is 29.1 Å². The molecule has 1 saturated carbocycles. The van der Waals surface area contributed by atoms with Crippen LogP contribution >= 0.6 is 11.8 Å². The third kappa shape index (κ3) is 4.58. The first-order valence-electron chi connectivity index (χ1n) is 6.90. The highest BCUT2D eigenvalue weighted by atomic mass is 32.2. The van der Waals surface area contributed by atoms with Crippen molar-refractivity contribution in [2.75, 3.05) is 0 Å². The van der Waals surface area contributed by atoms with E-state index >= 15 is 0 Å². The highest BCUT2D eigenvalue weighted by Crippen LogP contribution is 2.30. The van der Waals surface area contributed by atoms with Crippen molar-refractivity contribution >= 4 is 11.8 Å². The van der Waals surface area contributed by atoms with Gasteiger partial charge in [0.25, 0.3) is 0 Å². The number of thioether (sulfide) groups is 1. The van der Waals surface area contributed by atoms with Gasteiger partial charge in [-0.2, -0.15) is 11.8 Å². The molecule has 2 rings (SSSR count). The van der Waals surface area contributed by atoms with Gasteiger partial charge >= 0.3 is 0 Å². The Hall–Kier alpha value is -0.610. The molecule has 4 heteroatoms. The zero-order chi connectivity index (χ0) is 12.8. The fourth-order valence-electron chi connectivity index (χ4n) is 2.17. The van der Waals surface area contributed by atoms with Crippen molar-refractivity contribution in [3.63, 3.8) is 0 Å². The van der Waals surface area contributed by atoms with Crippen molar-refractivity contribution in [2.45, 2.75) is 63.1 Å². The fourth-order valence-corrected chi connectivity index (χ4v) is 3.36. The van der Waals surface area contributed by atoms with E-state index in [0.29, 0.717) is 6.04 Å². The average Bonchev–Trinajstić information content (AvgIpc) is 2.87. The molecule has 0 radical (unpaired) electrons. The van der Waals surface area contributed by atoms with Gasteiger partial charge < -0.3 is 5.32 Å². The van der Waals surface area contributed by atoms with Gasteiger partial charge in [-0.05, 0) is 18.9 Å². The van der Waals surface area contributed by atoms with Gasteiger partial charge in [0.1, 0.15) is 5.82 Å². The molecule has 1 aliphatic rings. The SMILES string of the molecule is CC(C)NCc1ccnc(CSC2CCCC2)n1. The van der Waals surface area contributed by atoms with E-state index in [1.54, 1.807) is 0 Å². The summed E-state index contributed by atoms with van der Waals surface area (Å²) in [6.45, 7) is 5.14. The van der Waals surface area contributed by atoms with E-state index in [9.17, 15) is 0 Å². The lowest BCUT2D eigenvalue weighted by atomic mass is 10.3. The molecule has 0 amide bonds. The molecule has 1 heterocycles. The molecule has 0 aromatic carbocycles. The van der Waals surface area contributed by atoms with E-state index in [0.717, 1.165) is 29.1 Å². The summed E-state index contributed by atoms with van der Waals surface area (Å²) in [6, 6.07) is 2.50. The first kappa shape index (κ1) is 13.8. The van der Waals surface area contributed by atoms with Crippen molar-refractivity contribution in [2.24, 2.45) is 0 Å². The Kier molecular flexibility index (Phi) is 5.45. The highest BCUT2D eigenvalue weighted by molar-refractivity contribution is 7.99. The van der Waals surface area contributed by atoms with Crippen molar-refractivity contribution < 1.29 is 0 Å². The summed E-state index contributed by atoms with van der Waals surface area (Å²) in [5.41, 5.74) is 1.10. The van der Waals surface area contributed by atoms with Gasteiger partial charge in [-0.25, -0.2) is 9.97 Å². The van der Waals surface area contributed by atoms with Gasteiger partial charge in [0.05, 0.1) is 11.4 Å². The molecule has 0 bridgehead atoms. The third-order valence-corrected chi connectivity index (χ3v) is 4.57. The molecule has 0 saturated heterocycles. The van der Waals surface area contributed by atoms with E-state index in [1.165, 1.54) is 25.7 Å². The number of hydrogen-bond acceptors (Lipinski definition) is 4. The van der Waals surface area contributed by atoms with E-state index < -0.39 is 0 Å². The van der Waals surface area contributed by atoms with E-state index in [-0.39, 0.29) is 0 Å². The molecule has 0 spiro atoms. The molecule has 18 heavy (non-hydrogen) atoms. The molecule has 3 nitrogen and oxygen atoms in total. The Balaban J connectivity index is 1.82. The van der Waals surface area contributed by atoms with Crippen LogP contribution in [0.4, 0.5) is 0 Å². The maximum Gasteiger partial charge on any atom is 0.138 e. The second-order valence-electron chi connectivity index (χ2n) is 5.22.